The van der Waals surface area contributed by atoms with Gasteiger partial charge in [0.1, 0.15) is 4.99 Å². The van der Waals surface area contributed by atoms with Crippen LogP contribution in [0.25, 0.3) is 0 Å². The molecule has 2 nitrogen and oxygen atoms in total. The quantitative estimate of drug-likeness (QED) is 0.673. The zero-order valence-corrected chi connectivity index (χ0v) is 7.19. The van der Waals surface area contributed by atoms with Crippen LogP contribution in [0.2, 0.25) is 0 Å². The molecule has 1 rings (SSSR count). The van der Waals surface area contributed by atoms with Crippen LogP contribution in [0.4, 0.5) is 0 Å². The summed E-state index contributed by atoms with van der Waals surface area (Å²) in [6.07, 6.45) is 2.62. The third kappa shape index (κ3) is 1.74. The number of aromatic nitrogens is 1. The number of thiocarbonyl (C=S) groups is 1. The van der Waals surface area contributed by atoms with E-state index < -0.39 is 0 Å². The molecule has 0 spiro atoms. The van der Waals surface area contributed by atoms with E-state index in [4.69, 9.17) is 18.0 Å². The molecule has 0 aliphatic carbocycles. The molecular formula is C8H10N2S. The van der Waals surface area contributed by atoms with Gasteiger partial charge in [0, 0.05) is 11.8 Å². The summed E-state index contributed by atoms with van der Waals surface area (Å²) in [5, 5.41) is 0. The van der Waals surface area contributed by atoms with Gasteiger partial charge in [0.15, 0.2) is 0 Å². The maximum Gasteiger partial charge on any atom is 0.105 e. The van der Waals surface area contributed by atoms with Crippen LogP contribution in [0.3, 0.4) is 0 Å². The van der Waals surface area contributed by atoms with Crippen molar-refractivity contribution in [2.24, 2.45) is 5.73 Å². The third-order valence-corrected chi connectivity index (χ3v) is 1.71. The van der Waals surface area contributed by atoms with Crippen molar-refractivity contribution in [3.05, 3.63) is 29.6 Å². The Hall–Kier alpha value is -0.960. The number of rotatable bonds is 2. The van der Waals surface area contributed by atoms with Crippen LogP contribution < -0.4 is 5.73 Å². The summed E-state index contributed by atoms with van der Waals surface area (Å²) < 4.78 is 0. The Balaban J connectivity index is 3.12. The minimum Gasteiger partial charge on any atom is -0.389 e. The zero-order chi connectivity index (χ0) is 8.27. The Morgan fingerprint density at radius 1 is 1.73 bits per heavy atom. The van der Waals surface area contributed by atoms with Crippen molar-refractivity contribution in [3.63, 3.8) is 0 Å². The van der Waals surface area contributed by atoms with Crippen molar-refractivity contribution in [2.45, 2.75) is 13.3 Å². The molecule has 0 radical (unpaired) electrons. The molecule has 2 N–H and O–H groups in total. The Bertz CT molecular complexity index is 271. The highest BCUT2D eigenvalue weighted by atomic mass is 32.1. The fraction of sp³-hybridized carbons (Fsp3) is 0.250. The van der Waals surface area contributed by atoms with E-state index in [2.05, 4.69) is 4.98 Å². The van der Waals surface area contributed by atoms with E-state index in [0.29, 0.717) is 4.99 Å². The van der Waals surface area contributed by atoms with E-state index in [-0.39, 0.29) is 0 Å². The molecule has 11 heavy (non-hydrogen) atoms. The Morgan fingerprint density at radius 3 is 2.91 bits per heavy atom. The minimum atomic E-state index is 0.426. The molecule has 1 aromatic rings. The van der Waals surface area contributed by atoms with Crippen molar-refractivity contribution < 1.29 is 0 Å². The molecule has 0 unspecified atom stereocenters. The van der Waals surface area contributed by atoms with Crippen LogP contribution in [0, 0.1) is 0 Å². The Labute approximate surface area is 71.4 Å². The van der Waals surface area contributed by atoms with Gasteiger partial charge in [-0.3, -0.25) is 4.98 Å². The van der Waals surface area contributed by atoms with Gasteiger partial charge >= 0.3 is 0 Å². The molecule has 0 aliphatic heterocycles. The smallest absolute Gasteiger partial charge is 0.105 e. The van der Waals surface area contributed by atoms with Gasteiger partial charge in [-0.05, 0) is 18.6 Å². The normalized spacial score (nSPS) is 9.55. The van der Waals surface area contributed by atoms with E-state index in [9.17, 15) is 0 Å². The molecule has 0 fully saturated rings. The molecule has 0 amide bonds. The highest BCUT2D eigenvalue weighted by molar-refractivity contribution is 7.80. The first kappa shape index (κ1) is 8.14. The second-order valence-corrected chi connectivity index (χ2v) is 2.66. The van der Waals surface area contributed by atoms with E-state index in [1.807, 2.05) is 19.1 Å². The fourth-order valence-corrected chi connectivity index (χ4v) is 1.13. The molecule has 1 aromatic heterocycles. The van der Waals surface area contributed by atoms with Crippen LogP contribution in [-0.2, 0) is 6.42 Å². The number of hydrogen-bond acceptors (Lipinski definition) is 2. The van der Waals surface area contributed by atoms with Crippen molar-refractivity contribution in [1.82, 2.24) is 4.98 Å². The van der Waals surface area contributed by atoms with Crippen LogP contribution in [0.5, 0.6) is 0 Å². The summed E-state index contributed by atoms with van der Waals surface area (Å²) >= 11 is 4.85. The van der Waals surface area contributed by atoms with Gasteiger partial charge in [0.05, 0.1) is 5.69 Å². The average Bonchev–Trinajstić information content (AvgIpc) is 2.04. The zero-order valence-electron chi connectivity index (χ0n) is 6.37. The van der Waals surface area contributed by atoms with Crippen molar-refractivity contribution in [2.75, 3.05) is 0 Å². The molecule has 1 heterocycles. The first-order valence-corrected chi connectivity index (χ1v) is 3.90. The largest absolute Gasteiger partial charge is 0.389 e. The Morgan fingerprint density at radius 2 is 2.45 bits per heavy atom. The fourth-order valence-electron chi connectivity index (χ4n) is 0.944. The molecule has 58 valence electrons. The van der Waals surface area contributed by atoms with E-state index in [0.717, 1.165) is 17.7 Å². The molecule has 3 heteroatoms. The van der Waals surface area contributed by atoms with E-state index in [1.165, 1.54) is 0 Å². The van der Waals surface area contributed by atoms with Gasteiger partial charge in [-0.1, -0.05) is 19.1 Å². The summed E-state index contributed by atoms with van der Waals surface area (Å²) in [5.74, 6) is 0. The molecule has 0 aromatic carbocycles. The standard InChI is InChI=1S/C8H10N2S/c1-2-7-6(8(9)11)4-3-5-10-7/h3-5H,2H2,1H3,(H2,9,11). The average molecular weight is 166 g/mol. The second-order valence-electron chi connectivity index (χ2n) is 2.22. The number of aryl methyl sites for hydroxylation is 1. The topological polar surface area (TPSA) is 38.9 Å². The monoisotopic (exact) mass is 166 g/mol. The number of hydrogen-bond donors (Lipinski definition) is 1. The molecule has 0 bridgehead atoms. The van der Waals surface area contributed by atoms with Crippen molar-refractivity contribution in [3.8, 4) is 0 Å². The maximum atomic E-state index is 5.48. The lowest BCUT2D eigenvalue weighted by atomic mass is 10.1. The molecular weight excluding hydrogens is 156 g/mol. The molecule has 0 saturated carbocycles. The Kier molecular flexibility index (Phi) is 2.54. The molecule has 0 saturated heterocycles. The first-order chi connectivity index (χ1) is 5.25. The SMILES string of the molecule is CCc1ncccc1C(N)=S. The number of nitrogens with two attached hydrogens (primary N) is 1. The number of pyridine rings is 1. The molecule has 0 aliphatic rings. The van der Waals surface area contributed by atoms with Gasteiger partial charge < -0.3 is 5.73 Å². The van der Waals surface area contributed by atoms with Gasteiger partial charge in [-0.2, -0.15) is 0 Å². The van der Waals surface area contributed by atoms with E-state index in [1.54, 1.807) is 6.20 Å². The van der Waals surface area contributed by atoms with Crippen LogP contribution in [0.15, 0.2) is 18.3 Å². The van der Waals surface area contributed by atoms with Gasteiger partial charge in [-0.25, -0.2) is 0 Å². The van der Waals surface area contributed by atoms with Gasteiger partial charge in [-0.15, -0.1) is 0 Å². The van der Waals surface area contributed by atoms with Gasteiger partial charge in [0.2, 0.25) is 0 Å². The highest BCUT2D eigenvalue weighted by Crippen LogP contribution is 2.04. The first-order valence-electron chi connectivity index (χ1n) is 3.49. The van der Waals surface area contributed by atoms with Crippen LogP contribution in [-0.4, -0.2) is 9.97 Å². The van der Waals surface area contributed by atoms with E-state index >= 15 is 0 Å². The highest BCUT2D eigenvalue weighted by Gasteiger charge is 2.01. The van der Waals surface area contributed by atoms with Crippen LogP contribution >= 0.6 is 12.2 Å². The predicted octanol–water partition coefficient (Wildman–Crippen LogP) is 1.28. The molecule has 0 atom stereocenters. The van der Waals surface area contributed by atoms with Crippen LogP contribution in [0.1, 0.15) is 18.2 Å². The predicted molar refractivity (Wildman–Crippen MR) is 49.5 cm³/mol. The maximum absolute atomic E-state index is 5.48. The van der Waals surface area contributed by atoms with Crippen molar-refractivity contribution in [1.29, 1.82) is 0 Å². The lowest BCUT2D eigenvalue weighted by Gasteiger charge is -2.02. The summed E-state index contributed by atoms with van der Waals surface area (Å²) in [7, 11) is 0. The van der Waals surface area contributed by atoms with Gasteiger partial charge in [0.25, 0.3) is 0 Å². The third-order valence-electron chi connectivity index (χ3n) is 1.49. The lowest BCUT2D eigenvalue weighted by Crippen LogP contribution is -2.12. The summed E-state index contributed by atoms with van der Waals surface area (Å²) in [4.78, 5) is 4.58. The summed E-state index contributed by atoms with van der Waals surface area (Å²) in [5.41, 5.74) is 7.35. The second kappa shape index (κ2) is 3.44. The minimum absolute atomic E-state index is 0.426. The van der Waals surface area contributed by atoms with Crippen molar-refractivity contribution >= 4 is 17.2 Å². The summed E-state index contributed by atoms with van der Waals surface area (Å²) in [6, 6.07) is 3.74. The number of nitrogens with zero attached hydrogens (tertiary/aromatic N) is 1. The lowest BCUT2D eigenvalue weighted by molar-refractivity contribution is 1.03. The summed E-state index contributed by atoms with van der Waals surface area (Å²) in [6.45, 7) is 2.03.